The summed E-state index contributed by atoms with van der Waals surface area (Å²) in [6.07, 6.45) is -0.798. The predicted octanol–water partition coefficient (Wildman–Crippen LogP) is -1.30. The summed E-state index contributed by atoms with van der Waals surface area (Å²) >= 11 is 0. The van der Waals surface area contributed by atoms with E-state index in [0.717, 1.165) is 0 Å². The van der Waals surface area contributed by atoms with Crippen molar-refractivity contribution in [3.05, 3.63) is 0 Å². The molecule has 0 bridgehead atoms. The minimum atomic E-state index is -0.798. The van der Waals surface area contributed by atoms with Gasteiger partial charge in [0, 0.05) is 13.1 Å². The number of aliphatic hydroxyl groups excluding tert-OH is 2. The van der Waals surface area contributed by atoms with Crippen LogP contribution in [0.3, 0.4) is 0 Å². The van der Waals surface area contributed by atoms with Gasteiger partial charge in [-0.25, -0.2) is 0 Å². The van der Waals surface area contributed by atoms with Crippen molar-refractivity contribution >= 4 is 5.91 Å². The van der Waals surface area contributed by atoms with Crippen molar-refractivity contribution < 1.29 is 15.0 Å². The first-order valence-corrected chi connectivity index (χ1v) is 4.82. The summed E-state index contributed by atoms with van der Waals surface area (Å²) in [4.78, 5) is 11.1. The third kappa shape index (κ3) is 7.97. The Morgan fingerprint density at radius 2 is 2.00 bits per heavy atom. The summed E-state index contributed by atoms with van der Waals surface area (Å²) in [7, 11) is 0. The van der Waals surface area contributed by atoms with E-state index in [9.17, 15) is 4.79 Å². The SMILES string of the molecule is CC(C)CNC(=O)CNC[C@H](O)CO. The highest BCUT2D eigenvalue weighted by molar-refractivity contribution is 5.77. The highest BCUT2D eigenvalue weighted by atomic mass is 16.3. The second kappa shape index (κ2) is 7.73. The summed E-state index contributed by atoms with van der Waals surface area (Å²) < 4.78 is 0. The van der Waals surface area contributed by atoms with Crippen LogP contribution in [0.15, 0.2) is 0 Å². The normalized spacial score (nSPS) is 12.9. The Labute approximate surface area is 84.5 Å². The van der Waals surface area contributed by atoms with Crippen molar-refractivity contribution in [2.24, 2.45) is 5.92 Å². The maximum atomic E-state index is 11.1. The number of carbonyl (C=O) groups is 1. The standard InChI is InChI=1S/C9H20N2O3/c1-7(2)3-11-9(14)5-10-4-8(13)6-12/h7-8,10,12-13H,3-6H2,1-2H3,(H,11,14)/t8-/m0/s1. The van der Waals surface area contributed by atoms with Gasteiger partial charge in [-0.3, -0.25) is 4.79 Å². The van der Waals surface area contributed by atoms with Crippen molar-refractivity contribution in [3.63, 3.8) is 0 Å². The fourth-order valence-corrected chi connectivity index (χ4v) is 0.797. The lowest BCUT2D eigenvalue weighted by Crippen LogP contribution is -2.39. The Hall–Kier alpha value is -0.650. The zero-order chi connectivity index (χ0) is 11.0. The van der Waals surface area contributed by atoms with E-state index >= 15 is 0 Å². The van der Waals surface area contributed by atoms with E-state index in [1.54, 1.807) is 0 Å². The van der Waals surface area contributed by atoms with Crippen LogP contribution in [0.4, 0.5) is 0 Å². The van der Waals surface area contributed by atoms with Crippen LogP contribution >= 0.6 is 0 Å². The Kier molecular flexibility index (Phi) is 7.37. The van der Waals surface area contributed by atoms with E-state index in [1.807, 2.05) is 13.8 Å². The average molecular weight is 204 g/mol. The lowest BCUT2D eigenvalue weighted by molar-refractivity contribution is -0.120. The molecule has 0 fully saturated rings. The second-order valence-corrected chi connectivity index (χ2v) is 3.67. The largest absolute Gasteiger partial charge is 0.394 e. The van der Waals surface area contributed by atoms with Gasteiger partial charge < -0.3 is 20.8 Å². The van der Waals surface area contributed by atoms with Gasteiger partial charge in [-0.1, -0.05) is 13.8 Å². The molecule has 5 heteroatoms. The predicted molar refractivity (Wildman–Crippen MR) is 53.8 cm³/mol. The Morgan fingerprint density at radius 3 is 2.50 bits per heavy atom. The molecule has 0 unspecified atom stereocenters. The van der Waals surface area contributed by atoms with Crippen LogP contribution in [-0.4, -0.2) is 48.5 Å². The van der Waals surface area contributed by atoms with Gasteiger partial charge in [-0.05, 0) is 5.92 Å². The molecule has 5 nitrogen and oxygen atoms in total. The zero-order valence-electron chi connectivity index (χ0n) is 8.79. The smallest absolute Gasteiger partial charge is 0.233 e. The number of aliphatic hydroxyl groups is 2. The van der Waals surface area contributed by atoms with Gasteiger partial charge in [0.15, 0.2) is 0 Å². The molecule has 1 amide bonds. The Balaban J connectivity index is 3.35. The maximum absolute atomic E-state index is 11.1. The fraction of sp³-hybridized carbons (Fsp3) is 0.889. The topological polar surface area (TPSA) is 81.6 Å². The van der Waals surface area contributed by atoms with Crippen molar-refractivity contribution in [2.75, 3.05) is 26.2 Å². The maximum Gasteiger partial charge on any atom is 0.233 e. The van der Waals surface area contributed by atoms with Crippen LogP contribution in [0.5, 0.6) is 0 Å². The monoisotopic (exact) mass is 204 g/mol. The summed E-state index contributed by atoms with van der Waals surface area (Å²) in [5, 5.41) is 22.9. The first-order valence-electron chi connectivity index (χ1n) is 4.82. The van der Waals surface area contributed by atoms with Crippen LogP contribution in [0.1, 0.15) is 13.8 Å². The van der Waals surface area contributed by atoms with E-state index in [-0.39, 0.29) is 25.6 Å². The summed E-state index contributed by atoms with van der Waals surface area (Å²) in [6.45, 7) is 4.80. The average Bonchev–Trinajstić information content (AvgIpc) is 2.14. The molecule has 1 atom stereocenters. The lowest BCUT2D eigenvalue weighted by Gasteiger charge is -2.10. The van der Waals surface area contributed by atoms with E-state index in [4.69, 9.17) is 10.2 Å². The summed E-state index contributed by atoms with van der Waals surface area (Å²) in [6, 6.07) is 0. The van der Waals surface area contributed by atoms with Crippen LogP contribution in [0.2, 0.25) is 0 Å². The Morgan fingerprint density at radius 1 is 1.36 bits per heavy atom. The first kappa shape index (κ1) is 13.4. The van der Waals surface area contributed by atoms with Crippen LogP contribution in [-0.2, 0) is 4.79 Å². The van der Waals surface area contributed by atoms with E-state index in [2.05, 4.69) is 10.6 Å². The van der Waals surface area contributed by atoms with Gasteiger partial charge in [-0.2, -0.15) is 0 Å². The van der Waals surface area contributed by atoms with Crippen LogP contribution in [0.25, 0.3) is 0 Å². The molecule has 0 spiro atoms. The molecule has 0 heterocycles. The van der Waals surface area contributed by atoms with Gasteiger partial charge in [-0.15, -0.1) is 0 Å². The van der Waals surface area contributed by atoms with Crippen molar-refractivity contribution in [1.82, 2.24) is 10.6 Å². The quantitative estimate of drug-likeness (QED) is 0.415. The van der Waals surface area contributed by atoms with E-state index in [1.165, 1.54) is 0 Å². The third-order valence-electron chi connectivity index (χ3n) is 1.58. The summed E-state index contributed by atoms with van der Waals surface area (Å²) in [5.74, 6) is 0.339. The molecule has 0 rings (SSSR count). The molecule has 0 saturated heterocycles. The fourth-order valence-electron chi connectivity index (χ4n) is 0.797. The highest BCUT2D eigenvalue weighted by Gasteiger charge is 2.04. The minimum Gasteiger partial charge on any atom is -0.394 e. The molecular formula is C9H20N2O3. The third-order valence-corrected chi connectivity index (χ3v) is 1.58. The molecule has 0 aliphatic carbocycles. The van der Waals surface area contributed by atoms with Gasteiger partial charge in [0.25, 0.3) is 0 Å². The van der Waals surface area contributed by atoms with Gasteiger partial charge in [0.1, 0.15) is 0 Å². The van der Waals surface area contributed by atoms with Crippen LogP contribution < -0.4 is 10.6 Å². The number of rotatable bonds is 7. The number of hydrogen-bond acceptors (Lipinski definition) is 4. The zero-order valence-corrected chi connectivity index (χ0v) is 8.79. The van der Waals surface area contributed by atoms with E-state index < -0.39 is 6.10 Å². The first-order chi connectivity index (χ1) is 6.56. The van der Waals surface area contributed by atoms with Gasteiger partial charge in [0.2, 0.25) is 5.91 Å². The minimum absolute atomic E-state index is 0.0937. The van der Waals surface area contributed by atoms with Crippen molar-refractivity contribution in [2.45, 2.75) is 20.0 Å². The second-order valence-electron chi connectivity index (χ2n) is 3.67. The molecule has 84 valence electrons. The molecule has 0 aliphatic rings. The van der Waals surface area contributed by atoms with Gasteiger partial charge >= 0.3 is 0 Å². The number of amides is 1. The van der Waals surface area contributed by atoms with Gasteiger partial charge in [0.05, 0.1) is 19.3 Å². The molecule has 0 aromatic heterocycles. The number of carbonyl (C=O) groups excluding carboxylic acids is 1. The molecular weight excluding hydrogens is 184 g/mol. The highest BCUT2D eigenvalue weighted by Crippen LogP contribution is 1.86. The number of hydrogen-bond donors (Lipinski definition) is 4. The van der Waals surface area contributed by atoms with Crippen molar-refractivity contribution in [1.29, 1.82) is 0 Å². The van der Waals surface area contributed by atoms with E-state index in [0.29, 0.717) is 12.5 Å². The molecule has 14 heavy (non-hydrogen) atoms. The molecule has 0 saturated carbocycles. The molecule has 4 N–H and O–H groups in total. The number of nitrogens with one attached hydrogen (secondary N) is 2. The molecule has 0 aliphatic heterocycles. The molecule has 0 radical (unpaired) electrons. The lowest BCUT2D eigenvalue weighted by atomic mass is 10.2. The summed E-state index contributed by atoms with van der Waals surface area (Å²) in [5.41, 5.74) is 0. The molecule has 0 aromatic rings. The Bertz CT molecular complexity index is 162. The van der Waals surface area contributed by atoms with Crippen molar-refractivity contribution in [3.8, 4) is 0 Å². The molecule has 0 aromatic carbocycles. The van der Waals surface area contributed by atoms with Crippen LogP contribution in [0, 0.1) is 5.92 Å².